The molecule has 0 saturated carbocycles. The molecule has 5 heteroatoms. The maximum atomic E-state index is 12.0. The highest BCUT2D eigenvalue weighted by molar-refractivity contribution is 5.94. The molecule has 0 radical (unpaired) electrons. The molecule has 1 amide bonds. The number of nitrogens with zero attached hydrogens (tertiary/aromatic N) is 3. The number of anilines is 1. The second-order valence-electron chi connectivity index (χ2n) is 4.74. The summed E-state index contributed by atoms with van der Waals surface area (Å²) in [5.41, 5.74) is 8.28. The van der Waals surface area contributed by atoms with Crippen LogP contribution in [0.4, 0.5) is 5.69 Å². The van der Waals surface area contributed by atoms with Gasteiger partial charge in [-0.2, -0.15) is 0 Å². The molecule has 0 bridgehead atoms. The zero-order valence-corrected chi connectivity index (χ0v) is 11.7. The molecule has 0 aliphatic rings. The Morgan fingerprint density at radius 3 is 2.89 bits per heavy atom. The summed E-state index contributed by atoms with van der Waals surface area (Å²) in [6, 6.07) is 5.89. The number of imidazole rings is 1. The number of hydrogen-bond donors (Lipinski definition) is 1. The van der Waals surface area contributed by atoms with Crippen LogP contribution < -0.4 is 10.6 Å². The Bertz CT molecular complexity index is 603. The Kier molecular flexibility index (Phi) is 3.85. The Morgan fingerprint density at radius 1 is 1.47 bits per heavy atom. The molecule has 0 aliphatic heterocycles. The molecule has 19 heavy (non-hydrogen) atoms. The highest BCUT2D eigenvalue weighted by atomic mass is 16.2. The van der Waals surface area contributed by atoms with Gasteiger partial charge in [-0.05, 0) is 38.1 Å². The van der Waals surface area contributed by atoms with Crippen molar-refractivity contribution in [1.29, 1.82) is 0 Å². The van der Waals surface area contributed by atoms with Gasteiger partial charge in [0.2, 0.25) is 5.91 Å². The molecule has 2 aromatic rings. The van der Waals surface area contributed by atoms with Gasteiger partial charge in [-0.15, -0.1) is 0 Å². The number of rotatable bonds is 4. The van der Waals surface area contributed by atoms with Crippen LogP contribution in [-0.4, -0.2) is 29.1 Å². The van der Waals surface area contributed by atoms with Crippen LogP contribution in [0.3, 0.4) is 0 Å². The van der Waals surface area contributed by atoms with Gasteiger partial charge in [0, 0.05) is 26.2 Å². The summed E-state index contributed by atoms with van der Waals surface area (Å²) in [5.74, 6) is 1.04. The van der Waals surface area contributed by atoms with Gasteiger partial charge in [-0.3, -0.25) is 4.79 Å². The number of benzene rings is 1. The van der Waals surface area contributed by atoms with E-state index in [1.807, 2.05) is 36.7 Å². The van der Waals surface area contributed by atoms with Crippen molar-refractivity contribution in [3.05, 3.63) is 24.0 Å². The van der Waals surface area contributed by atoms with E-state index >= 15 is 0 Å². The van der Waals surface area contributed by atoms with Crippen molar-refractivity contribution < 1.29 is 4.79 Å². The van der Waals surface area contributed by atoms with E-state index in [4.69, 9.17) is 5.73 Å². The number of carbonyl (C=O) groups is 1. The van der Waals surface area contributed by atoms with Crippen LogP contribution in [0.15, 0.2) is 18.2 Å². The normalized spacial score (nSPS) is 10.9. The third-order valence-electron chi connectivity index (χ3n) is 3.44. The largest absolute Gasteiger partial charge is 0.331 e. The van der Waals surface area contributed by atoms with Crippen molar-refractivity contribution in [3.63, 3.8) is 0 Å². The zero-order chi connectivity index (χ0) is 14.0. The molecule has 2 rings (SSSR count). The van der Waals surface area contributed by atoms with Crippen molar-refractivity contribution in [2.45, 2.75) is 19.8 Å². The van der Waals surface area contributed by atoms with Crippen LogP contribution in [0.1, 0.15) is 18.7 Å². The summed E-state index contributed by atoms with van der Waals surface area (Å²) in [6.07, 6.45) is 1.19. The number of aromatic nitrogens is 2. The summed E-state index contributed by atoms with van der Waals surface area (Å²) >= 11 is 0. The summed E-state index contributed by atoms with van der Waals surface area (Å²) in [7, 11) is 3.77. The zero-order valence-electron chi connectivity index (χ0n) is 11.7. The van der Waals surface area contributed by atoms with Crippen LogP contribution in [0.25, 0.3) is 11.0 Å². The first-order valence-corrected chi connectivity index (χ1v) is 6.44. The van der Waals surface area contributed by atoms with Crippen molar-refractivity contribution in [3.8, 4) is 0 Å². The number of aryl methyl sites for hydroxylation is 2. The summed E-state index contributed by atoms with van der Waals surface area (Å²) < 4.78 is 2.04. The van der Waals surface area contributed by atoms with Crippen LogP contribution in [0.2, 0.25) is 0 Å². The summed E-state index contributed by atoms with van der Waals surface area (Å²) in [4.78, 5) is 18.1. The van der Waals surface area contributed by atoms with Gasteiger partial charge in [-0.25, -0.2) is 4.98 Å². The Balaban J connectivity index is 2.28. The smallest absolute Gasteiger partial charge is 0.226 e. The standard InChI is InChI=1S/C14H20N4O/c1-10-16-12-9-11(6-7-13(12)17(10)2)18(3)14(19)5-4-8-15/h6-7,9H,4-5,8,15H2,1-3H3. The van der Waals surface area contributed by atoms with Crippen LogP contribution in [0, 0.1) is 6.92 Å². The van der Waals surface area contributed by atoms with Gasteiger partial charge in [0.05, 0.1) is 11.0 Å². The molecule has 2 N–H and O–H groups in total. The molecule has 0 aliphatic carbocycles. The Morgan fingerprint density at radius 2 is 2.21 bits per heavy atom. The van der Waals surface area contributed by atoms with Crippen molar-refractivity contribution in [2.24, 2.45) is 12.8 Å². The molecule has 0 atom stereocenters. The lowest BCUT2D eigenvalue weighted by molar-refractivity contribution is -0.118. The van der Waals surface area contributed by atoms with Crippen LogP contribution >= 0.6 is 0 Å². The molecule has 5 nitrogen and oxygen atoms in total. The third kappa shape index (κ3) is 2.61. The highest BCUT2D eigenvalue weighted by Gasteiger charge is 2.12. The molecule has 1 heterocycles. The maximum Gasteiger partial charge on any atom is 0.226 e. The highest BCUT2D eigenvalue weighted by Crippen LogP contribution is 2.22. The molecule has 0 fully saturated rings. The van der Waals surface area contributed by atoms with Crippen LogP contribution in [-0.2, 0) is 11.8 Å². The first-order valence-electron chi connectivity index (χ1n) is 6.44. The maximum absolute atomic E-state index is 12.0. The summed E-state index contributed by atoms with van der Waals surface area (Å²) in [6.45, 7) is 2.51. The number of carbonyl (C=O) groups excluding carboxylic acids is 1. The molecular formula is C14H20N4O. The fourth-order valence-corrected chi connectivity index (χ4v) is 2.08. The molecule has 1 aromatic carbocycles. The van der Waals surface area contributed by atoms with Crippen molar-refractivity contribution in [1.82, 2.24) is 9.55 Å². The predicted octanol–water partition coefficient (Wildman–Crippen LogP) is 1.58. The van der Waals surface area contributed by atoms with Gasteiger partial charge in [-0.1, -0.05) is 0 Å². The monoisotopic (exact) mass is 260 g/mol. The molecule has 0 unspecified atom stereocenters. The lowest BCUT2D eigenvalue weighted by Gasteiger charge is -2.17. The SMILES string of the molecule is Cc1nc2cc(N(C)C(=O)CCCN)ccc2n1C. The van der Waals surface area contributed by atoms with E-state index in [0.717, 1.165) is 22.5 Å². The predicted molar refractivity (Wildman–Crippen MR) is 77.1 cm³/mol. The van der Waals surface area contributed by atoms with Gasteiger partial charge >= 0.3 is 0 Å². The van der Waals surface area contributed by atoms with E-state index in [0.29, 0.717) is 19.4 Å². The lowest BCUT2D eigenvalue weighted by atomic mass is 10.2. The fourth-order valence-electron chi connectivity index (χ4n) is 2.08. The van der Waals surface area contributed by atoms with Gasteiger partial charge in [0.15, 0.2) is 0 Å². The average Bonchev–Trinajstić information content (AvgIpc) is 2.70. The van der Waals surface area contributed by atoms with E-state index in [2.05, 4.69) is 4.98 Å². The van der Waals surface area contributed by atoms with Gasteiger partial charge < -0.3 is 15.2 Å². The third-order valence-corrected chi connectivity index (χ3v) is 3.44. The number of fused-ring (bicyclic) bond motifs is 1. The second kappa shape index (κ2) is 5.40. The molecule has 0 saturated heterocycles. The van der Waals surface area contributed by atoms with Gasteiger partial charge in [0.25, 0.3) is 0 Å². The molecule has 102 valence electrons. The minimum atomic E-state index is 0.0810. The Labute approximate surface area is 113 Å². The van der Waals surface area contributed by atoms with E-state index in [1.165, 1.54) is 0 Å². The number of hydrogen-bond acceptors (Lipinski definition) is 3. The minimum absolute atomic E-state index is 0.0810. The van der Waals surface area contributed by atoms with E-state index in [1.54, 1.807) is 11.9 Å². The lowest BCUT2D eigenvalue weighted by Crippen LogP contribution is -2.26. The molecule has 0 spiro atoms. The first-order chi connectivity index (χ1) is 9.04. The first kappa shape index (κ1) is 13.5. The summed E-state index contributed by atoms with van der Waals surface area (Å²) in [5, 5.41) is 0. The van der Waals surface area contributed by atoms with Gasteiger partial charge in [0.1, 0.15) is 5.82 Å². The number of amides is 1. The van der Waals surface area contributed by atoms with Crippen molar-refractivity contribution in [2.75, 3.05) is 18.5 Å². The van der Waals surface area contributed by atoms with Crippen LogP contribution in [0.5, 0.6) is 0 Å². The Hall–Kier alpha value is -1.88. The second-order valence-corrected chi connectivity index (χ2v) is 4.74. The van der Waals surface area contributed by atoms with E-state index in [-0.39, 0.29) is 5.91 Å². The average molecular weight is 260 g/mol. The van der Waals surface area contributed by atoms with Crippen molar-refractivity contribution >= 4 is 22.6 Å². The molecular weight excluding hydrogens is 240 g/mol. The van der Waals surface area contributed by atoms with E-state index in [9.17, 15) is 4.79 Å². The molecule has 1 aromatic heterocycles. The fraction of sp³-hybridized carbons (Fsp3) is 0.429. The topological polar surface area (TPSA) is 64.2 Å². The number of nitrogens with two attached hydrogens (primary N) is 1. The quantitative estimate of drug-likeness (QED) is 0.907. The van der Waals surface area contributed by atoms with E-state index < -0.39 is 0 Å². The minimum Gasteiger partial charge on any atom is -0.331 e.